The minimum absolute atomic E-state index is 0.0126. The van der Waals surface area contributed by atoms with Crippen molar-refractivity contribution in [2.75, 3.05) is 0 Å². The Balaban J connectivity index is 3.14. The minimum atomic E-state index is -1.50. The van der Waals surface area contributed by atoms with Gasteiger partial charge in [-0.2, -0.15) is 0 Å². The van der Waals surface area contributed by atoms with Crippen LogP contribution < -0.4 is 5.73 Å². The average molecular weight is 249 g/mol. The summed E-state index contributed by atoms with van der Waals surface area (Å²) in [6.07, 6.45) is 0. The van der Waals surface area contributed by atoms with E-state index in [1.807, 2.05) is 12.1 Å². The number of rotatable bonds is 3. The normalized spacial score (nSPS) is 13.2. The molecule has 0 aliphatic rings. The molecule has 0 radical (unpaired) electrons. The van der Waals surface area contributed by atoms with E-state index in [1.165, 1.54) is 0 Å². The van der Waals surface area contributed by atoms with E-state index in [1.54, 1.807) is 13.0 Å². The van der Waals surface area contributed by atoms with Crippen LogP contribution >= 0.6 is 0 Å². The summed E-state index contributed by atoms with van der Waals surface area (Å²) in [7, 11) is 0. The van der Waals surface area contributed by atoms with Gasteiger partial charge in [-0.3, -0.25) is 9.59 Å². The molecular weight excluding hydrogens is 230 g/mol. The van der Waals surface area contributed by atoms with Crippen LogP contribution in [0.1, 0.15) is 42.3 Å². The van der Waals surface area contributed by atoms with E-state index in [9.17, 15) is 9.59 Å². The van der Waals surface area contributed by atoms with Crippen molar-refractivity contribution in [3.05, 3.63) is 34.9 Å². The fourth-order valence-electron chi connectivity index (χ4n) is 1.69. The van der Waals surface area contributed by atoms with Crippen molar-refractivity contribution >= 4 is 11.8 Å². The number of hydrogen-bond acceptors (Lipinski definition) is 3. The van der Waals surface area contributed by atoms with Crippen LogP contribution in [0, 0.1) is 6.92 Å². The van der Waals surface area contributed by atoms with Gasteiger partial charge in [0.1, 0.15) is 0 Å². The van der Waals surface area contributed by atoms with E-state index in [4.69, 9.17) is 10.8 Å². The number of hydrogen-bond donors (Lipinski definition) is 2. The molecule has 0 spiro atoms. The second-order valence-electron chi connectivity index (χ2n) is 5.46. The van der Waals surface area contributed by atoms with Gasteiger partial charge in [-0.25, -0.2) is 0 Å². The number of benzene rings is 1. The van der Waals surface area contributed by atoms with E-state index >= 15 is 0 Å². The number of Topliss-reactive ketones (excluding diaryl/α,β-unsaturated/α-hetero) is 1. The Bertz CT molecular complexity index is 486. The summed E-state index contributed by atoms with van der Waals surface area (Å²) in [6.45, 7) is 8.02. The lowest BCUT2D eigenvalue weighted by atomic mass is 9.84. The zero-order valence-electron chi connectivity index (χ0n) is 11.2. The van der Waals surface area contributed by atoms with Crippen molar-refractivity contribution < 1.29 is 14.7 Å². The fraction of sp³-hybridized carbons (Fsp3) is 0.429. The van der Waals surface area contributed by atoms with Crippen molar-refractivity contribution in [1.29, 1.82) is 0 Å². The van der Waals surface area contributed by atoms with Gasteiger partial charge in [0.2, 0.25) is 0 Å². The summed E-state index contributed by atoms with van der Waals surface area (Å²) in [4.78, 5) is 22.6. The molecule has 0 aromatic heterocycles. The van der Waals surface area contributed by atoms with Crippen LogP contribution in [0.15, 0.2) is 18.2 Å². The molecule has 0 aliphatic heterocycles. The highest BCUT2D eigenvalue weighted by atomic mass is 16.4. The van der Waals surface area contributed by atoms with E-state index in [-0.39, 0.29) is 5.41 Å². The average Bonchev–Trinajstić information content (AvgIpc) is 2.25. The maximum Gasteiger partial charge on any atom is 0.328 e. The first kappa shape index (κ1) is 14.4. The molecule has 1 atom stereocenters. The Morgan fingerprint density at radius 3 is 2.22 bits per heavy atom. The minimum Gasteiger partial charge on any atom is -0.480 e. The molecule has 0 aliphatic carbocycles. The summed E-state index contributed by atoms with van der Waals surface area (Å²) < 4.78 is 0. The van der Waals surface area contributed by atoms with Crippen LogP contribution in [0.2, 0.25) is 0 Å². The lowest BCUT2D eigenvalue weighted by molar-refractivity contribution is -0.137. The second kappa shape index (κ2) is 4.90. The molecule has 18 heavy (non-hydrogen) atoms. The largest absolute Gasteiger partial charge is 0.480 e. The third kappa shape index (κ3) is 2.96. The Morgan fingerprint density at radius 2 is 1.83 bits per heavy atom. The van der Waals surface area contributed by atoms with Crippen LogP contribution in [0.4, 0.5) is 0 Å². The first-order valence-electron chi connectivity index (χ1n) is 5.78. The van der Waals surface area contributed by atoms with Gasteiger partial charge < -0.3 is 10.8 Å². The van der Waals surface area contributed by atoms with Crippen molar-refractivity contribution in [3.8, 4) is 0 Å². The molecule has 0 heterocycles. The van der Waals surface area contributed by atoms with Gasteiger partial charge in [0, 0.05) is 5.56 Å². The Kier molecular flexibility index (Phi) is 3.92. The van der Waals surface area contributed by atoms with Crippen LogP contribution in [0.25, 0.3) is 0 Å². The zero-order chi connectivity index (χ0) is 14.1. The van der Waals surface area contributed by atoms with Crippen molar-refractivity contribution in [2.24, 2.45) is 5.73 Å². The molecule has 0 amide bonds. The van der Waals surface area contributed by atoms with Crippen LogP contribution in [0.3, 0.4) is 0 Å². The number of carboxylic acids is 1. The Morgan fingerprint density at radius 1 is 1.28 bits per heavy atom. The number of carboxylic acid groups (broad SMARTS) is 1. The van der Waals surface area contributed by atoms with Gasteiger partial charge in [0.15, 0.2) is 11.8 Å². The molecule has 1 aromatic rings. The molecule has 0 saturated carbocycles. The number of aryl methyl sites for hydroxylation is 1. The number of ketones is 1. The quantitative estimate of drug-likeness (QED) is 0.633. The molecule has 4 nitrogen and oxygen atoms in total. The zero-order valence-corrected chi connectivity index (χ0v) is 11.2. The van der Waals surface area contributed by atoms with Crippen LogP contribution in [-0.2, 0) is 10.2 Å². The molecule has 3 N–H and O–H groups in total. The standard InChI is InChI=1S/C14H19NO3/c1-8-7-9(14(2,3)4)5-6-10(8)12(16)11(15)13(17)18/h5-7,11H,15H2,1-4H3,(H,17,18). The number of aliphatic carboxylic acids is 1. The molecule has 0 bridgehead atoms. The summed E-state index contributed by atoms with van der Waals surface area (Å²) in [5.41, 5.74) is 7.55. The topological polar surface area (TPSA) is 80.4 Å². The molecule has 1 aromatic carbocycles. The predicted molar refractivity (Wildman–Crippen MR) is 69.8 cm³/mol. The SMILES string of the molecule is Cc1cc(C(C)(C)C)ccc1C(=O)C(N)C(=O)O. The smallest absolute Gasteiger partial charge is 0.328 e. The van der Waals surface area contributed by atoms with Crippen molar-refractivity contribution in [3.63, 3.8) is 0 Å². The van der Waals surface area contributed by atoms with Gasteiger partial charge in [-0.05, 0) is 23.5 Å². The highest BCUT2D eigenvalue weighted by Crippen LogP contribution is 2.24. The number of carbonyl (C=O) groups excluding carboxylic acids is 1. The van der Waals surface area contributed by atoms with E-state index in [0.717, 1.165) is 11.1 Å². The maximum absolute atomic E-state index is 11.9. The van der Waals surface area contributed by atoms with Gasteiger partial charge in [-0.15, -0.1) is 0 Å². The first-order chi connectivity index (χ1) is 8.14. The molecular formula is C14H19NO3. The number of nitrogens with two attached hydrogens (primary N) is 1. The highest BCUT2D eigenvalue weighted by molar-refractivity contribution is 6.12. The summed E-state index contributed by atoms with van der Waals surface area (Å²) in [5.74, 6) is -1.86. The Hall–Kier alpha value is -1.68. The maximum atomic E-state index is 11.9. The summed E-state index contributed by atoms with van der Waals surface area (Å²) >= 11 is 0. The van der Waals surface area contributed by atoms with Crippen LogP contribution in [-0.4, -0.2) is 22.9 Å². The Labute approximate surface area is 107 Å². The lowest BCUT2D eigenvalue weighted by Gasteiger charge is -2.20. The highest BCUT2D eigenvalue weighted by Gasteiger charge is 2.24. The summed E-state index contributed by atoms with van der Waals surface area (Å²) in [6, 6.07) is 3.90. The van der Waals surface area contributed by atoms with Gasteiger partial charge in [0.05, 0.1) is 0 Å². The van der Waals surface area contributed by atoms with Crippen molar-refractivity contribution in [1.82, 2.24) is 0 Å². The predicted octanol–water partition coefficient (Wildman–Crippen LogP) is 1.89. The van der Waals surface area contributed by atoms with Crippen molar-refractivity contribution in [2.45, 2.75) is 39.2 Å². The van der Waals surface area contributed by atoms with Gasteiger partial charge in [0.25, 0.3) is 0 Å². The first-order valence-corrected chi connectivity index (χ1v) is 5.78. The molecule has 1 rings (SSSR count). The van der Waals surface area contributed by atoms with E-state index in [0.29, 0.717) is 5.56 Å². The van der Waals surface area contributed by atoms with E-state index < -0.39 is 17.8 Å². The molecule has 98 valence electrons. The van der Waals surface area contributed by atoms with Gasteiger partial charge >= 0.3 is 5.97 Å². The second-order valence-corrected chi connectivity index (χ2v) is 5.46. The summed E-state index contributed by atoms with van der Waals surface area (Å²) in [5, 5.41) is 8.74. The molecule has 4 heteroatoms. The monoisotopic (exact) mass is 249 g/mol. The third-order valence-corrected chi connectivity index (χ3v) is 2.91. The molecule has 0 fully saturated rings. The molecule has 1 unspecified atom stereocenters. The fourth-order valence-corrected chi connectivity index (χ4v) is 1.69. The third-order valence-electron chi connectivity index (χ3n) is 2.91. The molecule has 0 saturated heterocycles. The van der Waals surface area contributed by atoms with Gasteiger partial charge in [-0.1, -0.05) is 39.0 Å². The lowest BCUT2D eigenvalue weighted by Crippen LogP contribution is -2.38. The number of carbonyl (C=O) groups is 2. The van der Waals surface area contributed by atoms with Crippen LogP contribution in [0.5, 0.6) is 0 Å². The van der Waals surface area contributed by atoms with E-state index in [2.05, 4.69) is 20.8 Å².